The van der Waals surface area contributed by atoms with E-state index in [1.54, 1.807) is 0 Å². The van der Waals surface area contributed by atoms with Crippen LogP contribution in [0, 0.1) is 5.92 Å². The lowest BCUT2D eigenvalue weighted by Crippen LogP contribution is -2.38. The fourth-order valence-electron chi connectivity index (χ4n) is 4.68. The fraction of sp³-hybridized carbons (Fsp3) is 0.296. The summed E-state index contributed by atoms with van der Waals surface area (Å²) in [5.74, 6) is -1.73. The molecule has 3 aromatic rings. The van der Waals surface area contributed by atoms with Gasteiger partial charge in [0.1, 0.15) is 5.58 Å². The third-order valence-electron chi connectivity index (χ3n) is 6.48. The predicted octanol–water partition coefficient (Wildman–Crippen LogP) is 4.78. The first-order valence-electron chi connectivity index (χ1n) is 11.7. The van der Waals surface area contributed by atoms with Gasteiger partial charge in [-0.15, -0.1) is 0 Å². The number of carbonyl (C=O) groups excluding carboxylic acids is 1. The van der Waals surface area contributed by atoms with E-state index in [-0.39, 0.29) is 5.91 Å². The highest BCUT2D eigenvalue weighted by atomic mass is 79.9. The molecule has 1 aromatic heterocycles. The van der Waals surface area contributed by atoms with Crippen molar-refractivity contribution in [1.82, 2.24) is 9.80 Å². The van der Waals surface area contributed by atoms with E-state index in [4.69, 9.17) is 14.6 Å². The molecule has 36 heavy (non-hydrogen) atoms. The number of hydrogen-bond donors (Lipinski definition) is 2. The van der Waals surface area contributed by atoms with Crippen molar-refractivity contribution in [1.29, 1.82) is 0 Å². The average molecular weight is 555 g/mol. The van der Waals surface area contributed by atoms with Gasteiger partial charge in [0.2, 0.25) is 0 Å². The van der Waals surface area contributed by atoms with Gasteiger partial charge < -0.3 is 19.5 Å². The van der Waals surface area contributed by atoms with Crippen LogP contribution in [0.25, 0.3) is 11.0 Å². The smallest absolute Gasteiger partial charge is 0.328 e. The standard InChI is InChI=1S/C23H23BrN2O2.C4H4O4/c24-22-20(19-7-3-4-8-21(19)28-22)15-25-11-9-16(10-12-25)13-26-14-17-5-1-2-6-18(17)23(26)27;5-3(6)1-2-4(7)8/h1-8,16H,9-15H2;1-2H,(H,5,6)(H,7,8). The molecule has 0 bridgehead atoms. The number of nitrogens with zero attached hydrogens (tertiary/aromatic N) is 2. The van der Waals surface area contributed by atoms with Crippen LogP contribution in [-0.2, 0) is 22.7 Å². The van der Waals surface area contributed by atoms with E-state index in [1.165, 1.54) is 16.5 Å². The Kier molecular flexibility index (Phi) is 8.22. The molecule has 0 atom stereocenters. The first kappa shape index (κ1) is 25.7. The second-order valence-corrected chi connectivity index (χ2v) is 9.64. The van der Waals surface area contributed by atoms with Crippen LogP contribution in [0.4, 0.5) is 0 Å². The summed E-state index contributed by atoms with van der Waals surface area (Å²) in [6.07, 6.45) is 3.38. The maximum absolute atomic E-state index is 12.6. The van der Waals surface area contributed by atoms with E-state index >= 15 is 0 Å². The number of benzene rings is 2. The molecule has 0 unspecified atom stereocenters. The topological polar surface area (TPSA) is 111 Å². The van der Waals surface area contributed by atoms with Crippen molar-refractivity contribution < 1.29 is 29.0 Å². The number of carboxylic acid groups (broad SMARTS) is 2. The van der Waals surface area contributed by atoms with Crippen molar-refractivity contribution in [3.05, 3.63) is 82.0 Å². The summed E-state index contributed by atoms with van der Waals surface area (Å²) in [7, 11) is 0. The minimum atomic E-state index is -1.26. The summed E-state index contributed by atoms with van der Waals surface area (Å²) >= 11 is 3.59. The maximum Gasteiger partial charge on any atom is 0.328 e. The first-order chi connectivity index (χ1) is 17.3. The van der Waals surface area contributed by atoms with Crippen LogP contribution in [0.1, 0.15) is 34.3 Å². The Bertz CT molecular complexity index is 1280. The van der Waals surface area contributed by atoms with E-state index in [0.29, 0.717) is 18.1 Å². The highest BCUT2D eigenvalue weighted by Crippen LogP contribution is 2.32. The SMILES string of the molecule is O=C(O)C=CC(=O)O.O=C1c2ccccc2CN1CC1CCN(Cc2c(Br)oc3ccccc23)CC1. The van der Waals surface area contributed by atoms with Gasteiger partial charge in [-0.25, -0.2) is 9.59 Å². The van der Waals surface area contributed by atoms with E-state index in [0.717, 1.165) is 61.4 Å². The summed E-state index contributed by atoms with van der Waals surface area (Å²) in [4.78, 5) is 36.2. The number of piperidine rings is 1. The summed E-state index contributed by atoms with van der Waals surface area (Å²) in [6.45, 7) is 4.67. The van der Waals surface area contributed by atoms with E-state index in [2.05, 4.69) is 39.0 Å². The molecular weight excluding hydrogens is 528 g/mol. The second-order valence-electron chi connectivity index (χ2n) is 8.92. The van der Waals surface area contributed by atoms with Crippen LogP contribution < -0.4 is 0 Å². The van der Waals surface area contributed by atoms with E-state index in [1.807, 2.05) is 35.2 Å². The van der Waals surface area contributed by atoms with E-state index < -0.39 is 11.9 Å². The lowest BCUT2D eigenvalue weighted by atomic mass is 9.96. The van der Waals surface area contributed by atoms with Gasteiger partial charge in [-0.1, -0.05) is 36.4 Å². The Balaban J connectivity index is 0.000000331. The molecule has 1 fully saturated rings. The van der Waals surface area contributed by atoms with Crippen LogP contribution in [-0.4, -0.2) is 57.5 Å². The molecule has 2 aliphatic rings. The zero-order valence-corrected chi connectivity index (χ0v) is 21.2. The maximum atomic E-state index is 12.6. The van der Waals surface area contributed by atoms with Crippen molar-refractivity contribution >= 4 is 44.7 Å². The van der Waals surface area contributed by atoms with Crippen molar-refractivity contribution in [2.24, 2.45) is 5.92 Å². The summed E-state index contributed by atoms with van der Waals surface area (Å²) < 4.78 is 6.68. The number of furan rings is 1. The van der Waals surface area contributed by atoms with Crippen LogP contribution >= 0.6 is 15.9 Å². The Morgan fingerprint density at radius 3 is 2.31 bits per heavy atom. The van der Waals surface area contributed by atoms with Gasteiger partial charge in [-0.2, -0.15) is 0 Å². The van der Waals surface area contributed by atoms with Gasteiger partial charge in [-0.05, 0) is 65.5 Å². The molecule has 0 radical (unpaired) electrons. The van der Waals surface area contributed by atoms with Gasteiger partial charge in [0.25, 0.3) is 5.91 Å². The van der Waals surface area contributed by atoms with Crippen LogP contribution in [0.5, 0.6) is 0 Å². The quantitative estimate of drug-likeness (QED) is 0.422. The van der Waals surface area contributed by atoms with Gasteiger partial charge in [0, 0.05) is 48.3 Å². The van der Waals surface area contributed by atoms with Crippen molar-refractivity contribution in [2.45, 2.75) is 25.9 Å². The molecule has 0 aliphatic carbocycles. The third kappa shape index (κ3) is 6.22. The summed E-state index contributed by atoms with van der Waals surface area (Å²) in [5, 5.41) is 16.8. The zero-order valence-electron chi connectivity index (χ0n) is 19.6. The second kappa shape index (κ2) is 11.5. The average Bonchev–Trinajstić information content (AvgIpc) is 3.35. The number of likely N-dealkylation sites (tertiary alicyclic amines) is 1. The normalized spacial score (nSPS) is 16.2. The zero-order chi connectivity index (χ0) is 25.7. The van der Waals surface area contributed by atoms with Gasteiger partial charge >= 0.3 is 11.9 Å². The number of hydrogen-bond acceptors (Lipinski definition) is 5. The molecule has 0 saturated carbocycles. The van der Waals surface area contributed by atoms with E-state index in [9.17, 15) is 14.4 Å². The highest BCUT2D eigenvalue weighted by Gasteiger charge is 2.30. The van der Waals surface area contributed by atoms with Crippen molar-refractivity contribution in [2.75, 3.05) is 19.6 Å². The number of carboxylic acids is 2. The Morgan fingerprint density at radius 2 is 1.64 bits per heavy atom. The monoisotopic (exact) mass is 554 g/mol. The molecule has 2 aliphatic heterocycles. The van der Waals surface area contributed by atoms with Gasteiger partial charge in [0.15, 0.2) is 4.67 Å². The summed E-state index contributed by atoms with van der Waals surface area (Å²) in [5.41, 5.74) is 4.23. The number of amides is 1. The molecule has 2 aromatic carbocycles. The minimum Gasteiger partial charge on any atom is -0.478 e. The van der Waals surface area contributed by atoms with Gasteiger partial charge in [-0.3, -0.25) is 9.69 Å². The van der Waals surface area contributed by atoms with Crippen molar-refractivity contribution in [3.63, 3.8) is 0 Å². The fourth-order valence-corrected chi connectivity index (χ4v) is 5.20. The molecule has 3 heterocycles. The highest BCUT2D eigenvalue weighted by molar-refractivity contribution is 9.10. The predicted molar refractivity (Wildman–Crippen MR) is 138 cm³/mol. The molecule has 5 rings (SSSR count). The molecule has 0 spiro atoms. The number of aliphatic carboxylic acids is 2. The molecule has 2 N–H and O–H groups in total. The molecule has 9 heteroatoms. The van der Waals surface area contributed by atoms with Gasteiger partial charge in [0.05, 0.1) is 0 Å². The summed E-state index contributed by atoms with van der Waals surface area (Å²) in [6, 6.07) is 16.2. The number of para-hydroxylation sites is 1. The molecule has 1 amide bonds. The van der Waals surface area contributed by atoms with Crippen LogP contribution in [0.3, 0.4) is 0 Å². The first-order valence-corrected chi connectivity index (χ1v) is 12.5. The lowest BCUT2D eigenvalue weighted by molar-refractivity contribution is -0.134. The van der Waals surface area contributed by atoms with Crippen LogP contribution in [0.2, 0.25) is 0 Å². The minimum absolute atomic E-state index is 0.201. The lowest BCUT2D eigenvalue weighted by Gasteiger charge is -2.33. The van der Waals surface area contributed by atoms with Crippen LogP contribution in [0.15, 0.2) is 69.8 Å². The Hall–Kier alpha value is -3.43. The Morgan fingerprint density at radius 1 is 1.00 bits per heavy atom. The number of carbonyl (C=O) groups is 3. The number of rotatable bonds is 6. The molecule has 1 saturated heterocycles. The molecule has 8 nitrogen and oxygen atoms in total. The molecule has 188 valence electrons. The number of halogens is 1. The Labute approximate surface area is 216 Å². The molecular formula is C27H27BrN2O6. The third-order valence-corrected chi connectivity index (χ3v) is 7.12. The largest absolute Gasteiger partial charge is 0.478 e. The van der Waals surface area contributed by atoms with Crippen molar-refractivity contribution in [3.8, 4) is 0 Å². The number of fused-ring (bicyclic) bond motifs is 2.